The van der Waals surface area contributed by atoms with Crippen molar-refractivity contribution in [2.75, 3.05) is 16.8 Å². The van der Waals surface area contributed by atoms with Crippen molar-refractivity contribution in [1.29, 1.82) is 0 Å². The van der Waals surface area contributed by atoms with Gasteiger partial charge in [0.25, 0.3) is 17.7 Å². The van der Waals surface area contributed by atoms with Gasteiger partial charge in [-0.25, -0.2) is 4.39 Å². The smallest absolute Gasteiger partial charge is 0.270 e. The van der Waals surface area contributed by atoms with Gasteiger partial charge in [-0.1, -0.05) is 29.8 Å². The van der Waals surface area contributed by atoms with Crippen molar-refractivity contribution in [3.8, 4) is 5.75 Å². The lowest BCUT2D eigenvalue weighted by atomic mass is 10.1. The third-order valence-corrected chi connectivity index (χ3v) is 5.37. The Morgan fingerprint density at radius 3 is 2.34 bits per heavy atom. The Hall–Kier alpha value is -4.37. The Kier molecular flexibility index (Phi) is 6.98. The van der Waals surface area contributed by atoms with Gasteiger partial charge in [-0.2, -0.15) is 0 Å². The summed E-state index contributed by atoms with van der Waals surface area (Å²) in [7, 11) is 0. The normalized spacial score (nSPS) is 14.6. The number of benzene rings is 3. The summed E-state index contributed by atoms with van der Waals surface area (Å²) < 4.78 is 18.8. The van der Waals surface area contributed by atoms with E-state index in [0.717, 1.165) is 10.5 Å². The highest BCUT2D eigenvalue weighted by molar-refractivity contribution is 7.80. The van der Waals surface area contributed by atoms with Crippen molar-refractivity contribution in [3.05, 3.63) is 95.3 Å². The first kappa shape index (κ1) is 23.8. The van der Waals surface area contributed by atoms with Gasteiger partial charge in [0.15, 0.2) is 11.7 Å². The molecule has 3 aromatic rings. The predicted octanol–water partition coefficient (Wildman–Crippen LogP) is 3.98. The Labute approximate surface area is 206 Å². The third kappa shape index (κ3) is 5.77. The van der Waals surface area contributed by atoms with Gasteiger partial charge >= 0.3 is 0 Å². The van der Waals surface area contributed by atoms with E-state index in [4.69, 9.17) is 17.0 Å². The van der Waals surface area contributed by atoms with Crippen molar-refractivity contribution in [1.82, 2.24) is 5.32 Å². The fourth-order valence-corrected chi connectivity index (χ4v) is 3.57. The summed E-state index contributed by atoms with van der Waals surface area (Å²) in [6, 6.07) is 19.1. The maximum absolute atomic E-state index is 13.3. The molecule has 1 aliphatic rings. The van der Waals surface area contributed by atoms with E-state index in [1.165, 1.54) is 30.3 Å². The van der Waals surface area contributed by atoms with E-state index >= 15 is 0 Å². The van der Waals surface area contributed by atoms with E-state index < -0.39 is 17.6 Å². The number of nitrogens with one attached hydrogen (secondary N) is 2. The number of hydrogen-bond acceptors (Lipinski definition) is 5. The highest BCUT2D eigenvalue weighted by atomic mass is 32.1. The molecule has 35 heavy (non-hydrogen) atoms. The number of ether oxygens (including phenoxy) is 1. The van der Waals surface area contributed by atoms with Crippen LogP contribution in [0.2, 0.25) is 0 Å². The zero-order valence-electron chi connectivity index (χ0n) is 18.6. The Balaban J connectivity index is 1.42. The SMILES string of the molecule is Cc1ccc(NC(=O)COc2ccc(/C=C3/C(=O)NC(=S)N(c4ccc(F)cc4)C3=O)cc2)cc1. The molecular weight excluding hydrogens is 469 g/mol. The molecular formula is C26H20FN3O4S. The minimum absolute atomic E-state index is 0.0866. The third-order valence-electron chi connectivity index (χ3n) is 5.08. The zero-order valence-corrected chi connectivity index (χ0v) is 19.4. The second-order valence-electron chi connectivity index (χ2n) is 7.71. The first-order valence-corrected chi connectivity index (χ1v) is 11.0. The molecule has 0 bridgehead atoms. The van der Waals surface area contributed by atoms with Gasteiger partial charge in [-0.3, -0.25) is 24.6 Å². The van der Waals surface area contributed by atoms with Crippen molar-refractivity contribution in [2.24, 2.45) is 0 Å². The summed E-state index contributed by atoms with van der Waals surface area (Å²) in [4.78, 5) is 38.6. The van der Waals surface area contributed by atoms with Crippen LogP contribution in [0, 0.1) is 12.7 Å². The maximum atomic E-state index is 13.3. The van der Waals surface area contributed by atoms with E-state index in [0.29, 0.717) is 22.7 Å². The second-order valence-corrected chi connectivity index (χ2v) is 8.09. The lowest BCUT2D eigenvalue weighted by molar-refractivity contribution is -0.122. The molecule has 9 heteroatoms. The van der Waals surface area contributed by atoms with Crippen molar-refractivity contribution < 1.29 is 23.5 Å². The van der Waals surface area contributed by atoms with Crippen molar-refractivity contribution >= 4 is 52.5 Å². The lowest BCUT2D eigenvalue weighted by Gasteiger charge is -2.28. The van der Waals surface area contributed by atoms with Crippen molar-refractivity contribution in [2.45, 2.75) is 6.92 Å². The molecule has 4 rings (SSSR count). The molecule has 0 saturated carbocycles. The molecule has 176 valence electrons. The van der Waals surface area contributed by atoms with E-state index in [-0.39, 0.29) is 23.2 Å². The van der Waals surface area contributed by atoms with Crippen LogP contribution >= 0.6 is 12.2 Å². The minimum Gasteiger partial charge on any atom is -0.484 e. The molecule has 0 spiro atoms. The number of amides is 3. The zero-order chi connectivity index (χ0) is 24.9. The molecule has 7 nitrogen and oxygen atoms in total. The van der Waals surface area contributed by atoms with Crippen LogP contribution in [-0.4, -0.2) is 29.4 Å². The van der Waals surface area contributed by atoms with Gasteiger partial charge in [-0.05, 0) is 79.3 Å². The number of thiocarbonyl (C=S) groups is 1. The quantitative estimate of drug-likeness (QED) is 0.311. The Morgan fingerprint density at radius 1 is 1.03 bits per heavy atom. The molecule has 1 fully saturated rings. The first-order valence-electron chi connectivity index (χ1n) is 10.6. The summed E-state index contributed by atoms with van der Waals surface area (Å²) >= 11 is 5.13. The number of rotatable bonds is 6. The molecule has 1 aliphatic heterocycles. The first-order chi connectivity index (χ1) is 16.8. The average molecular weight is 490 g/mol. The molecule has 1 saturated heterocycles. The fraction of sp³-hybridized carbons (Fsp3) is 0.0769. The summed E-state index contributed by atoms with van der Waals surface area (Å²) in [6.45, 7) is 1.78. The van der Waals surface area contributed by atoms with Crippen LogP contribution in [0.15, 0.2) is 78.4 Å². The molecule has 0 aliphatic carbocycles. The van der Waals surface area contributed by atoms with Gasteiger partial charge in [0.1, 0.15) is 17.1 Å². The van der Waals surface area contributed by atoms with Crippen LogP contribution in [0.4, 0.5) is 15.8 Å². The summed E-state index contributed by atoms with van der Waals surface area (Å²) in [5.41, 5.74) is 2.53. The van der Waals surface area contributed by atoms with E-state index in [2.05, 4.69) is 10.6 Å². The molecule has 3 amide bonds. The number of carbonyl (C=O) groups is 3. The van der Waals surface area contributed by atoms with Crippen LogP contribution in [0.3, 0.4) is 0 Å². The number of halogens is 1. The summed E-state index contributed by atoms with van der Waals surface area (Å²) in [6.07, 6.45) is 1.42. The highest BCUT2D eigenvalue weighted by Gasteiger charge is 2.34. The van der Waals surface area contributed by atoms with Gasteiger partial charge in [0.05, 0.1) is 5.69 Å². The fourth-order valence-electron chi connectivity index (χ4n) is 3.29. The van der Waals surface area contributed by atoms with Crippen LogP contribution in [0.5, 0.6) is 5.75 Å². The van der Waals surface area contributed by atoms with Gasteiger partial charge < -0.3 is 10.1 Å². The van der Waals surface area contributed by atoms with Crippen molar-refractivity contribution in [3.63, 3.8) is 0 Å². The monoisotopic (exact) mass is 489 g/mol. The van der Waals surface area contributed by atoms with Crippen LogP contribution in [0.25, 0.3) is 6.08 Å². The largest absolute Gasteiger partial charge is 0.484 e. The molecule has 3 aromatic carbocycles. The van der Waals surface area contributed by atoms with Gasteiger partial charge in [0.2, 0.25) is 0 Å². The van der Waals surface area contributed by atoms with E-state index in [9.17, 15) is 18.8 Å². The average Bonchev–Trinajstić information content (AvgIpc) is 2.84. The number of hydrogen-bond donors (Lipinski definition) is 2. The second kappa shape index (κ2) is 10.3. The lowest BCUT2D eigenvalue weighted by Crippen LogP contribution is -2.54. The number of carbonyl (C=O) groups excluding carboxylic acids is 3. The number of anilines is 2. The van der Waals surface area contributed by atoms with Gasteiger partial charge in [0, 0.05) is 5.69 Å². The molecule has 0 aromatic heterocycles. The molecule has 0 unspecified atom stereocenters. The summed E-state index contributed by atoms with van der Waals surface area (Å²) in [5.74, 6) is -1.58. The maximum Gasteiger partial charge on any atom is 0.270 e. The standard InChI is InChI=1S/C26H20FN3O4S/c1-16-2-8-19(9-3-16)28-23(31)15-34-21-12-4-17(5-13-21)14-22-24(32)29-26(35)30(25(22)33)20-10-6-18(27)7-11-20/h2-14H,15H2,1H3,(H,28,31)(H,29,32,35)/b22-14-. The topological polar surface area (TPSA) is 87.7 Å². The number of nitrogens with zero attached hydrogens (tertiary/aromatic N) is 1. The highest BCUT2D eigenvalue weighted by Crippen LogP contribution is 2.23. The summed E-state index contributed by atoms with van der Waals surface area (Å²) in [5, 5.41) is 5.14. The van der Waals surface area contributed by atoms with Gasteiger partial charge in [-0.15, -0.1) is 0 Å². The number of aryl methyl sites for hydroxylation is 1. The Bertz CT molecular complexity index is 1320. The van der Waals surface area contributed by atoms with Crippen LogP contribution in [0.1, 0.15) is 11.1 Å². The minimum atomic E-state index is -0.633. The molecule has 0 atom stereocenters. The predicted molar refractivity (Wildman–Crippen MR) is 134 cm³/mol. The van der Waals surface area contributed by atoms with E-state index in [1.54, 1.807) is 24.3 Å². The Morgan fingerprint density at radius 2 is 1.69 bits per heavy atom. The van der Waals surface area contributed by atoms with Crippen LogP contribution < -0.4 is 20.3 Å². The van der Waals surface area contributed by atoms with Crippen LogP contribution in [-0.2, 0) is 14.4 Å². The van der Waals surface area contributed by atoms with E-state index in [1.807, 2.05) is 31.2 Å². The molecule has 2 N–H and O–H groups in total. The molecule has 0 radical (unpaired) electrons. The molecule has 1 heterocycles.